The molecule has 0 heterocycles. The number of carboxylic acids is 1. The summed E-state index contributed by atoms with van der Waals surface area (Å²) in [6, 6.07) is -1.47. The normalized spacial score (nSPS) is 19.3. The summed E-state index contributed by atoms with van der Waals surface area (Å²) in [7, 11) is 0. The van der Waals surface area contributed by atoms with Crippen LogP contribution >= 0.6 is 0 Å². The topological polar surface area (TPSA) is 89.9 Å². The van der Waals surface area contributed by atoms with Crippen LogP contribution < -0.4 is 5.32 Å². The van der Waals surface area contributed by atoms with Gasteiger partial charge in [0, 0.05) is 12.6 Å². The maximum atomic E-state index is 12.0. The quantitative estimate of drug-likeness (QED) is 0.680. The molecule has 6 nitrogen and oxygen atoms in total. The fourth-order valence-electron chi connectivity index (χ4n) is 2.39. The van der Waals surface area contributed by atoms with E-state index in [0.717, 1.165) is 25.7 Å². The first-order valence-corrected chi connectivity index (χ1v) is 6.45. The van der Waals surface area contributed by atoms with E-state index in [-0.39, 0.29) is 6.04 Å². The van der Waals surface area contributed by atoms with Gasteiger partial charge in [0.05, 0.1) is 6.10 Å². The van der Waals surface area contributed by atoms with Crippen molar-refractivity contribution in [2.24, 2.45) is 0 Å². The van der Waals surface area contributed by atoms with Gasteiger partial charge in [0.2, 0.25) is 0 Å². The average Bonchev–Trinajstić information content (AvgIpc) is 2.79. The van der Waals surface area contributed by atoms with Crippen LogP contribution in [0, 0.1) is 0 Å². The Kier molecular flexibility index (Phi) is 5.40. The maximum absolute atomic E-state index is 12.0. The lowest BCUT2D eigenvalue weighted by atomic mass is 10.2. The molecule has 1 fully saturated rings. The Morgan fingerprint density at radius 1 is 1.39 bits per heavy atom. The first kappa shape index (κ1) is 14.8. The van der Waals surface area contributed by atoms with E-state index in [1.807, 2.05) is 6.92 Å². The number of aliphatic hydroxyl groups excluding tert-OH is 1. The highest BCUT2D eigenvalue weighted by molar-refractivity contribution is 5.83. The van der Waals surface area contributed by atoms with Crippen molar-refractivity contribution < 1.29 is 19.8 Å². The molecule has 0 aromatic heterocycles. The summed E-state index contributed by atoms with van der Waals surface area (Å²) in [6.45, 7) is 3.77. The Morgan fingerprint density at radius 3 is 2.33 bits per heavy atom. The summed E-state index contributed by atoms with van der Waals surface area (Å²) in [6.07, 6.45) is 3.02. The van der Waals surface area contributed by atoms with E-state index in [0.29, 0.717) is 6.54 Å². The van der Waals surface area contributed by atoms with Crippen LogP contribution in [0.5, 0.6) is 0 Å². The van der Waals surface area contributed by atoms with Gasteiger partial charge in [-0.05, 0) is 26.7 Å². The van der Waals surface area contributed by atoms with E-state index in [1.165, 1.54) is 6.92 Å². The van der Waals surface area contributed by atoms with Gasteiger partial charge in [0.25, 0.3) is 0 Å². The Labute approximate surface area is 107 Å². The number of urea groups is 1. The minimum Gasteiger partial charge on any atom is -0.480 e. The van der Waals surface area contributed by atoms with E-state index in [4.69, 9.17) is 5.11 Å². The van der Waals surface area contributed by atoms with Gasteiger partial charge < -0.3 is 20.4 Å². The standard InChI is InChI=1S/C12H22N2O4/c1-3-14(9-6-4-5-7-9)12(18)13-10(8(2)15)11(16)17/h8-10,15H,3-7H2,1-2H3,(H,13,18)(H,16,17). The lowest BCUT2D eigenvalue weighted by Gasteiger charge is -2.29. The van der Waals surface area contributed by atoms with Gasteiger partial charge in [-0.1, -0.05) is 12.8 Å². The zero-order valence-electron chi connectivity index (χ0n) is 10.9. The Morgan fingerprint density at radius 2 is 1.94 bits per heavy atom. The number of nitrogens with one attached hydrogen (secondary N) is 1. The number of aliphatic hydroxyl groups is 1. The lowest BCUT2D eigenvalue weighted by molar-refractivity contribution is -0.141. The predicted octanol–water partition coefficient (Wildman–Crippen LogP) is 0.794. The number of amides is 2. The van der Waals surface area contributed by atoms with Crippen LogP contribution in [0.25, 0.3) is 0 Å². The first-order valence-electron chi connectivity index (χ1n) is 6.45. The molecule has 1 aliphatic carbocycles. The van der Waals surface area contributed by atoms with E-state index in [1.54, 1.807) is 4.90 Å². The third-order valence-corrected chi connectivity index (χ3v) is 3.39. The number of rotatable bonds is 5. The summed E-state index contributed by atoms with van der Waals surface area (Å²) >= 11 is 0. The Hall–Kier alpha value is -1.30. The number of carbonyl (C=O) groups is 2. The second-order valence-corrected chi connectivity index (χ2v) is 4.73. The maximum Gasteiger partial charge on any atom is 0.328 e. The smallest absolute Gasteiger partial charge is 0.328 e. The van der Waals surface area contributed by atoms with E-state index in [9.17, 15) is 14.7 Å². The zero-order chi connectivity index (χ0) is 13.7. The van der Waals surface area contributed by atoms with Crippen molar-refractivity contribution >= 4 is 12.0 Å². The molecule has 2 amide bonds. The zero-order valence-corrected chi connectivity index (χ0v) is 10.9. The lowest BCUT2D eigenvalue weighted by Crippen LogP contribution is -2.54. The molecular formula is C12H22N2O4. The molecule has 0 aromatic rings. The van der Waals surface area contributed by atoms with E-state index >= 15 is 0 Å². The molecule has 2 unspecified atom stereocenters. The molecule has 0 bridgehead atoms. The predicted molar refractivity (Wildman–Crippen MR) is 66.3 cm³/mol. The highest BCUT2D eigenvalue weighted by Crippen LogP contribution is 2.23. The average molecular weight is 258 g/mol. The molecule has 2 atom stereocenters. The van der Waals surface area contributed by atoms with Gasteiger partial charge >= 0.3 is 12.0 Å². The molecular weight excluding hydrogens is 236 g/mol. The van der Waals surface area contributed by atoms with Gasteiger partial charge in [-0.3, -0.25) is 0 Å². The molecule has 1 aliphatic rings. The minimum atomic E-state index is -1.26. The highest BCUT2D eigenvalue weighted by atomic mass is 16.4. The summed E-state index contributed by atoms with van der Waals surface area (Å²) < 4.78 is 0. The van der Waals surface area contributed by atoms with E-state index < -0.39 is 24.1 Å². The number of carbonyl (C=O) groups excluding carboxylic acids is 1. The molecule has 0 aromatic carbocycles. The SMILES string of the molecule is CCN(C(=O)NC(C(=O)O)C(C)O)C1CCCC1. The van der Waals surface area contributed by atoms with Crippen LogP contribution in [0.15, 0.2) is 0 Å². The fraction of sp³-hybridized carbons (Fsp3) is 0.833. The number of hydrogen-bond acceptors (Lipinski definition) is 3. The molecule has 1 saturated carbocycles. The molecule has 0 spiro atoms. The first-order chi connectivity index (χ1) is 8.47. The Balaban J connectivity index is 2.63. The number of nitrogens with zero attached hydrogens (tertiary/aromatic N) is 1. The van der Waals surface area contributed by atoms with Gasteiger partial charge in [-0.2, -0.15) is 0 Å². The van der Waals surface area contributed by atoms with Gasteiger partial charge in [0.1, 0.15) is 0 Å². The molecule has 0 saturated heterocycles. The van der Waals surface area contributed by atoms with Gasteiger partial charge in [-0.15, -0.1) is 0 Å². The number of aliphatic carboxylic acids is 1. The van der Waals surface area contributed by atoms with Crippen LogP contribution in [0.4, 0.5) is 4.79 Å². The molecule has 18 heavy (non-hydrogen) atoms. The van der Waals surface area contributed by atoms with Crippen molar-refractivity contribution in [3.8, 4) is 0 Å². The second kappa shape index (κ2) is 6.58. The number of carboxylic acid groups (broad SMARTS) is 1. The molecule has 3 N–H and O–H groups in total. The minimum absolute atomic E-state index is 0.193. The third-order valence-electron chi connectivity index (χ3n) is 3.39. The number of hydrogen-bond donors (Lipinski definition) is 3. The van der Waals surface area contributed by atoms with E-state index in [2.05, 4.69) is 5.32 Å². The summed E-state index contributed by atoms with van der Waals surface area (Å²) in [5.41, 5.74) is 0. The fourth-order valence-corrected chi connectivity index (χ4v) is 2.39. The summed E-state index contributed by atoms with van der Waals surface area (Å²) in [5, 5.41) is 20.6. The molecule has 1 rings (SSSR count). The third kappa shape index (κ3) is 3.60. The van der Waals surface area contributed by atoms with Crippen LogP contribution in [-0.2, 0) is 4.79 Å². The van der Waals surface area contributed by atoms with Gasteiger partial charge in [0.15, 0.2) is 6.04 Å². The van der Waals surface area contributed by atoms with Crippen molar-refractivity contribution in [3.05, 3.63) is 0 Å². The highest BCUT2D eigenvalue weighted by Gasteiger charge is 2.30. The molecule has 104 valence electrons. The monoisotopic (exact) mass is 258 g/mol. The van der Waals surface area contributed by atoms with Crippen molar-refractivity contribution in [2.75, 3.05) is 6.54 Å². The largest absolute Gasteiger partial charge is 0.480 e. The second-order valence-electron chi connectivity index (χ2n) is 4.73. The van der Waals surface area contributed by atoms with Crippen LogP contribution in [0.2, 0.25) is 0 Å². The van der Waals surface area contributed by atoms with Crippen LogP contribution in [0.1, 0.15) is 39.5 Å². The van der Waals surface area contributed by atoms with Crippen molar-refractivity contribution in [3.63, 3.8) is 0 Å². The van der Waals surface area contributed by atoms with Crippen molar-refractivity contribution in [2.45, 2.75) is 57.7 Å². The summed E-state index contributed by atoms with van der Waals surface area (Å²) in [5.74, 6) is -1.22. The summed E-state index contributed by atoms with van der Waals surface area (Å²) in [4.78, 5) is 24.6. The molecule has 6 heteroatoms. The van der Waals surface area contributed by atoms with Crippen LogP contribution in [0.3, 0.4) is 0 Å². The van der Waals surface area contributed by atoms with Crippen molar-refractivity contribution in [1.82, 2.24) is 10.2 Å². The van der Waals surface area contributed by atoms with Gasteiger partial charge in [-0.25, -0.2) is 9.59 Å². The van der Waals surface area contributed by atoms with Crippen LogP contribution in [-0.4, -0.2) is 51.8 Å². The van der Waals surface area contributed by atoms with Crippen molar-refractivity contribution in [1.29, 1.82) is 0 Å². The Bertz CT molecular complexity index is 300. The molecule has 0 aliphatic heterocycles. The molecule has 0 radical (unpaired) electrons.